The zero-order chi connectivity index (χ0) is 14.1. The molecule has 1 aromatic heterocycles. The number of hydrogen-bond donors (Lipinski definition) is 2. The number of nitrogens with zero attached hydrogens (tertiary/aromatic N) is 1. The summed E-state index contributed by atoms with van der Waals surface area (Å²) >= 11 is 0. The molecule has 0 radical (unpaired) electrons. The third-order valence-electron chi connectivity index (χ3n) is 4.41. The molecule has 1 aliphatic rings. The molecule has 3 rings (SSSR count). The van der Waals surface area contributed by atoms with Gasteiger partial charge in [0.2, 0.25) is 0 Å². The molecule has 20 heavy (non-hydrogen) atoms. The van der Waals surface area contributed by atoms with E-state index < -0.39 is 0 Å². The molecule has 3 heteroatoms. The van der Waals surface area contributed by atoms with Crippen molar-refractivity contribution in [2.45, 2.75) is 58.2 Å². The zero-order valence-electron chi connectivity index (χ0n) is 12.5. The van der Waals surface area contributed by atoms with E-state index in [0.29, 0.717) is 12.1 Å². The summed E-state index contributed by atoms with van der Waals surface area (Å²) in [4.78, 5) is 0. The Morgan fingerprint density at radius 2 is 2.05 bits per heavy atom. The molecule has 1 heterocycles. The fourth-order valence-corrected chi connectivity index (χ4v) is 3.47. The average molecular weight is 271 g/mol. The summed E-state index contributed by atoms with van der Waals surface area (Å²) in [5.74, 6) is 0. The minimum Gasteiger partial charge on any atom is -0.397 e. The molecule has 0 saturated heterocycles. The highest BCUT2D eigenvalue weighted by Gasteiger charge is 2.17. The lowest BCUT2D eigenvalue weighted by Gasteiger charge is -2.18. The normalized spacial score (nSPS) is 16.6. The molecule has 3 N–H and O–H groups in total. The first-order chi connectivity index (χ1) is 9.66. The van der Waals surface area contributed by atoms with E-state index in [-0.39, 0.29) is 0 Å². The van der Waals surface area contributed by atoms with Crippen molar-refractivity contribution < 1.29 is 0 Å². The second kappa shape index (κ2) is 5.49. The fourth-order valence-electron chi connectivity index (χ4n) is 3.47. The van der Waals surface area contributed by atoms with E-state index in [0.717, 1.165) is 12.2 Å². The standard InChI is InChI=1S/C17H25N3/c1-12(2)20-15(11-19-14-7-3-4-8-14)10-13-6-5-9-16(18)17(13)20/h5-6,9-10,12,14,19H,3-4,7-8,11,18H2,1-2H3. The molecule has 108 valence electrons. The highest BCUT2D eigenvalue weighted by molar-refractivity contribution is 5.91. The summed E-state index contributed by atoms with van der Waals surface area (Å²) in [5, 5.41) is 4.96. The molecule has 0 amide bonds. The molecule has 0 unspecified atom stereocenters. The number of anilines is 1. The Hall–Kier alpha value is -1.48. The van der Waals surface area contributed by atoms with Crippen LogP contribution in [0.4, 0.5) is 5.69 Å². The first-order valence-electron chi connectivity index (χ1n) is 7.78. The Morgan fingerprint density at radius 3 is 2.75 bits per heavy atom. The minimum atomic E-state index is 0.428. The smallest absolute Gasteiger partial charge is 0.0718 e. The molecule has 1 aromatic carbocycles. The third-order valence-corrected chi connectivity index (χ3v) is 4.41. The summed E-state index contributed by atoms with van der Waals surface area (Å²) in [6.07, 6.45) is 5.39. The predicted octanol–water partition coefficient (Wildman–Crippen LogP) is 3.84. The second-order valence-corrected chi connectivity index (χ2v) is 6.25. The molecule has 3 nitrogen and oxygen atoms in total. The van der Waals surface area contributed by atoms with Crippen molar-refractivity contribution >= 4 is 16.6 Å². The average Bonchev–Trinajstić information content (AvgIpc) is 3.03. The van der Waals surface area contributed by atoms with E-state index >= 15 is 0 Å². The molecule has 1 aliphatic carbocycles. The van der Waals surface area contributed by atoms with Crippen molar-refractivity contribution in [3.8, 4) is 0 Å². The van der Waals surface area contributed by atoms with Crippen molar-refractivity contribution in [2.75, 3.05) is 5.73 Å². The van der Waals surface area contributed by atoms with Gasteiger partial charge in [-0.25, -0.2) is 0 Å². The zero-order valence-corrected chi connectivity index (χ0v) is 12.5. The molecule has 1 saturated carbocycles. The van der Waals surface area contributed by atoms with Gasteiger partial charge in [-0.1, -0.05) is 25.0 Å². The lowest BCUT2D eigenvalue weighted by atomic mass is 10.2. The van der Waals surface area contributed by atoms with Gasteiger partial charge in [0.1, 0.15) is 0 Å². The largest absolute Gasteiger partial charge is 0.397 e. The van der Waals surface area contributed by atoms with Crippen LogP contribution in [0.3, 0.4) is 0 Å². The van der Waals surface area contributed by atoms with Crippen LogP contribution in [-0.4, -0.2) is 10.6 Å². The van der Waals surface area contributed by atoms with E-state index in [1.54, 1.807) is 0 Å². The Morgan fingerprint density at radius 1 is 1.30 bits per heavy atom. The van der Waals surface area contributed by atoms with Crippen molar-refractivity contribution in [1.82, 2.24) is 9.88 Å². The number of hydrogen-bond acceptors (Lipinski definition) is 2. The molecule has 1 fully saturated rings. The van der Waals surface area contributed by atoms with Gasteiger partial charge in [0.05, 0.1) is 11.2 Å². The van der Waals surface area contributed by atoms with E-state index in [1.807, 2.05) is 12.1 Å². The van der Waals surface area contributed by atoms with Gasteiger partial charge in [0.25, 0.3) is 0 Å². The summed E-state index contributed by atoms with van der Waals surface area (Å²) < 4.78 is 2.38. The molecule has 0 spiro atoms. The molecular weight excluding hydrogens is 246 g/mol. The van der Waals surface area contributed by atoms with Crippen molar-refractivity contribution in [3.63, 3.8) is 0 Å². The SMILES string of the molecule is CC(C)n1c(CNC2CCCC2)cc2cccc(N)c21. The predicted molar refractivity (Wildman–Crippen MR) is 85.8 cm³/mol. The van der Waals surface area contributed by atoms with E-state index in [2.05, 4.69) is 35.9 Å². The highest BCUT2D eigenvalue weighted by Crippen LogP contribution is 2.29. The Bertz CT molecular complexity index is 592. The number of nitrogens with one attached hydrogen (secondary N) is 1. The van der Waals surface area contributed by atoms with Gasteiger partial charge in [0.15, 0.2) is 0 Å². The van der Waals surface area contributed by atoms with Crippen LogP contribution in [0.1, 0.15) is 51.3 Å². The first kappa shape index (κ1) is 13.5. The van der Waals surface area contributed by atoms with Crippen LogP contribution in [0, 0.1) is 0 Å². The van der Waals surface area contributed by atoms with Crippen molar-refractivity contribution in [2.24, 2.45) is 0 Å². The Labute approximate surface area is 121 Å². The van der Waals surface area contributed by atoms with Crippen LogP contribution in [0.5, 0.6) is 0 Å². The third kappa shape index (κ3) is 2.42. The summed E-state index contributed by atoms with van der Waals surface area (Å²) in [6, 6.07) is 9.60. The van der Waals surface area contributed by atoms with Crippen molar-refractivity contribution in [1.29, 1.82) is 0 Å². The summed E-state index contributed by atoms with van der Waals surface area (Å²) in [6.45, 7) is 5.40. The van der Waals surface area contributed by atoms with Crippen LogP contribution < -0.4 is 11.1 Å². The Kier molecular flexibility index (Phi) is 3.70. The van der Waals surface area contributed by atoms with Gasteiger partial charge in [0, 0.05) is 29.7 Å². The maximum absolute atomic E-state index is 6.19. The quantitative estimate of drug-likeness (QED) is 0.830. The number of benzene rings is 1. The van der Waals surface area contributed by atoms with E-state index in [1.165, 1.54) is 42.3 Å². The lowest BCUT2D eigenvalue weighted by molar-refractivity contribution is 0.497. The number of aromatic nitrogens is 1. The molecule has 0 atom stereocenters. The number of nitrogen functional groups attached to an aromatic ring is 1. The van der Waals surface area contributed by atoms with Gasteiger partial charge in [-0.05, 0) is 38.8 Å². The number of fused-ring (bicyclic) bond motifs is 1. The van der Waals surface area contributed by atoms with Crippen LogP contribution in [-0.2, 0) is 6.54 Å². The monoisotopic (exact) mass is 271 g/mol. The van der Waals surface area contributed by atoms with Gasteiger partial charge < -0.3 is 15.6 Å². The maximum Gasteiger partial charge on any atom is 0.0718 e. The van der Waals surface area contributed by atoms with Crippen molar-refractivity contribution in [3.05, 3.63) is 30.0 Å². The van der Waals surface area contributed by atoms with Crippen LogP contribution in [0.15, 0.2) is 24.3 Å². The van der Waals surface area contributed by atoms with Gasteiger partial charge >= 0.3 is 0 Å². The molecular formula is C17H25N3. The van der Waals surface area contributed by atoms with Crippen LogP contribution in [0.25, 0.3) is 10.9 Å². The second-order valence-electron chi connectivity index (χ2n) is 6.25. The molecule has 0 bridgehead atoms. The van der Waals surface area contributed by atoms with Gasteiger partial charge in [-0.3, -0.25) is 0 Å². The molecule has 0 aliphatic heterocycles. The topological polar surface area (TPSA) is 43.0 Å². The number of nitrogens with two attached hydrogens (primary N) is 1. The first-order valence-corrected chi connectivity index (χ1v) is 7.78. The van der Waals surface area contributed by atoms with Gasteiger partial charge in [-0.15, -0.1) is 0 Å². The number of rotatable bonds is 4. The van der Waals surface area contributed by atoms with E-state index in [4.69, 9.17) is 5.73 Å². The number of para-hydroxylation sites is 1. The fraction of sp³-hybridized carbons (Fsp3) is 0.529. The summed E-state index contributed by atoms with van der Waals surface area (Å²) in [7, 11) is 0. The Balaban J connectivity index is 1.92. The summed E-state index contributed by atoms with van der Waals surface area (Å²) in [5.41, 5.74) is 9.60. The van der Waals surface area contributed by atoms with Crippen LogP contribution in [0.2, 0.25) is 0 Å². The molecule has 2 aromatic rings. The van der Waals surface area contributed by atoms with Crippen LogP contribution >= 0.6 is 0 Å². The van der Waals surface area contributed by atoms with Gasteiger partial charge in [-0.2, -0.15) is 0 Å². The minimum absolute atomic E-state index is 0.428. The highest BCUT2D eigenvalue weighted by atomic mass is 15.1. The maximum atomic E-state index is 6.19. The van der Waals surface area contributed by atoms with E-state index in [9.17, 15) is 0 Å². The lowest BCUT2D eigenvalue weighted by Crippen LogP contribution is -2.26.